The van der Waals surface area contributed by atoms with Crippen LogP contribution < -0.4 is 9.47 Å². The summed E-state index contributed by atoms with van der Waals surface area (Å²) in [5.74, 6) is 1.48. The second-order valence-corrected chi connectivity index (χ2v) is 5.02. The van der Waals surface area contributed by atoms with Crippen molar-refractivity contribution in [3.8, 4) is 17.2 Å². The van der Waals surface area contributed by atoms with Gasteiger partial charge in [0, 0.05) is 0 Å². The van der Waals surface area contributed by atoms with Gasteiger partial charge >= 0.3 is 0 Å². The van der Waals surface area contributed by atoms with Crippen LogP contribution in [0.2, 0.25) is 5.02 Å². The van der Waals surface area contributed by atoms with E-state index in [-0.39, 0.29) is 6.61 Å². The lowest BCUT2D eigenvalue weighted by atomic mass is 10.1. The van der Waals surface area contributed by atoms with Crippen molar-refractivity contribution in [3.05, 3.63) is 52.5 Å². The van der Waals surface area contributed by atoms with Crippen LogP contribution in [0.15, 0.2) is 36.4 Å². The van der Waals surface area contributed by atoms with Gasteiger partial charge in [-0.3, -0.25) is 0 Å². The lowest BCUT2D eigenvalue weighted by molar-refractivity contribution is 0.199. The molecule has 0 fully saturated rings. The van der Waals surface area contributed by atoms with E-state index in [9.17, 15) is 5.11 Å². The van der Waals surface area contributed by atoms with Crippen molar-refractivity contribution >= 4 is 11.6 Å². The predicted molar refractivity (Wildman–Crippen MR) is 81.1 cm³/mol. The van der Waals surface area contributed by atoms with Crippen LogP contribution in [0.25, 0.3) is 0 Å². The molecule has 0 heterocycles. The van der Waals surface area contributed by atoms with Gasteiger partial charge < -0.3 is 19.7 Å². The van der Waals surface area contributed by atoms with Gasteiger partial charge in [0.05, 0.1) is 24.8 Å². The number of hydrogen-bond donors (Lipinski definition) is 2. The molecule has 2 rings (SSSR count). The molecule has 0 unspecified atom stereocenters. The summed E-state index contributed by atoms with van der Waals surface area (Å²) in [5, 5.41) is 19.1. The van der Waals surface area contributed by atoms with Crippen molar-refractivity contribution in [2.24, 2.45) is 0 Å². The van der Waals surface area contributed by atoms with Crippen molar-refractivity contribution < 1.29 is 19.7 Å². The molecule has 112 valence electrons. The van der Waals surface area contributed by atoms with Gasteiger partial charge in [-0.15, -0.1) is 0 Å². The Kier molecular flexibility index (Phi) is 5.07. The lowest BCUT2D eigenvalue weighted by Crippen LogP contribution is -1.95. The van der Waals surface area contributed by atoms with E-state index in [2.05, 4.69) is 0 Å². The monoisotopic (exact) mass is 308 g/mol. The minimum absolute atomic E-state index is 0.0690. The summed E-state index contributed by atoms with van der Waals surface area (Å²) < 4.78 is 11.0. The molecule has 5 heteroatoms. The average molecular weight is 309 g/mol. The highest BCUT2D eigenvalue weighted by molar-refractivity contribution is 6.32. The summed E-state index contributed by atoms with van der Waals surface area (Å²) in [5.41, 5.74) is 1.45. The molecular weight excluding hydrogens is 292 g/mol. The number of benzene rings is 2. The van der Waals surface area contributed by atoms with Gasteiger partial charge in [-0.1, -0.05) is 23.7 Å². The summed E-state index contributed by atoms with van der Waals surface area (Å²) in [6.45, 7) is 1.60. The number of ether oxygens (including phenoxy) is 2. The smallest absolute Gasteiger partial charge is 0.169 e. The van der Waals surface area contributed by atoms with Crippen LogP contribution in [-0.2, 0) is 6.61 Å². The Morgan fingerprint density at radius 3 is 2.38 bits per heavy atom. The van der Waals surface area contributed by atoms with E-state index in [1.807, 2.05) is 0 Å². The maximum absolute atomic E-state index is 9.53. The minimum atomic E-state index is -0.588. The highest BCUT2D eigenvalue weighted by atomic mass is 35.5. The van der Waals surface area contributed by atoms with Crippen molar-refractivity contribution in [2.75, 3.05) is 7.11 Å². The fourth-order valence-electron chi connectivity index (χ4n) is 1.87. The Labute approximate surface area is 128 Å². The molecule has 0 saturated carbocycles. The number of aliphatic hydroxyl groups is 2. The standard InChI is InChI=1S/C16H17ClO4/c1-10(19)12-4-6-14(13(17)8-12)21-15-5-3-11(9-18)7-16(15)20-2/h3-8,10,18-19H,9H2,1-2H3/t10-/m0/s1. The minimum Gasteiger partial charge on any atom is -0.493 e. The molecule has 0 amide bonds. The molecule has 0 radical (unpaired) electrons. The van der Waals surface area contributed by atoms with E-state index in [0.29, 0.717) is 22.3 Å². The van der Waals surface area contributed by atoms with Crippen LogP contribution in [0, 0.1) is 0 Å². The molecule has 21 heavy (non-hydrogen) atoms. The molecule has 2 aromatic rings. The average Bonchev–Trinajstić information content (AvgIpc) is 2.49. The predicted octanol–water partition coefficient (Wildman–Crippen LogP) is 3.69. The number of aliphatic hydroxyl groups excluding tert-OH is 2. The van der Waals surface area contributed by atoms with Gasteiger partial charge in [-0.05, 0) is 42.3 Å². The second-order valence-electron chi connectivity index (χ2n) is 4.61. The van der Waals surface area contributed by atoms with Gasteiger partial charge in [0.2, 0.25) is 0 Å². The van der Waals surface area contributed by atoms with Gasteiger partial charge in [0.15, 0.2) is 11.5 Å². The summed E-state index contributed by atoms with van der Waals surface area (Å²) in [6, 6.07) is 10.3. The Morgan fingerprint density at radius 1 is 1.10 bits per heavy atom. The van der Waals surface area contributed by atoms with Crippen LogP contribution >= 0.6 is 11.6 Å². The summed E-state index contributed by atoms with van der Waals surface area (Å²) in [6.07, 6.45) is -0.588. The summed E-state index contributed by atoms with van der Waals surface area (Å²) >= 11 is 6.16. The van der Waals surface area contributed by atoms with E-state index < -0.39 is 6.10 Å². The maximum atomic E-state index is 9.53. The molecule has 0 aliphatic carbocycles. The molecule has 0 spiro atoms. The molecule has 2 aromatic carbocycles. The highest BCUT2D eigenvalue weighted by Gasteiger charge is 2.11. The van der Waals surface area contributed by atoms with Crippen molar-refractivity contribution in [3.63, 3.8) is 0 Å². The third-order valence-electron chi connectivity index (χ3n) is 3.07. The first-order chi connectivity index (χ1) is 10.0. The maximum Gasteiger partial charge on any atom is 0.169 e. The number of methoxy groups -OCH3 is 1. The third-order valence-corrected chi connectivity index (χ3v) is 3.36. The first-order valence-corrected chi connectivity index (χ1v) is 6.86. The normalized spacial score (nSPS) is 12.0. The van der Waals surface area contributed by atoms with E-state index in [1.165, 1.54) is 7.11 Å². The van der Waals surface area contributed by atoms with Crippen LogP contribution in [0.5, 0.6) is 17.2 Å². The van der Waals surface area contributed by atoms with Gasteiger partial charge in [-0.2, -0.15) is 0 Å². The zero-order valence-electron chi connectivity index (χ0n) is 11.8. The SMILES string of the molecule is COc1cc(CO)ccc1Oc1ccc([C@H](C)O)cc1Cl. The van der Waals surface area contributed by atoms with Gasteiger partial charge in [-0.25, -0.2) is 0 Å². The van der Waals surface area contributed by atoms with Crippen LogP contribution in [-0.4, -0.2) is 17.3 Å². The summed E-state index contributed by atoms with van der Waals surface area (Å²) in [4.78, 5) is 0. The molecule has 0 aliphatic heterocycles. The van der Waals surface area contributed by atoms with Crippen LogP contribution in [0.1, 0.15) is 24.2 Å². The Hall–Kier alpha value is -1.75. The second kappa shape index (κ2) is 6.80. The molecule has 0 bridgehead atoms. The molecule has 1 atom stereocenters. The zero-order chi connectivity index (χ0) is 15.4. The third kappa shape index (κ3) is 3.67. The fraction of sp³-hybridized carbons (Fsp3) is 0.250. The number of halogens is 1. The molecule has 2 N–H and O–H groups in total. The zero-order valence-corrected chi connectivity index (χ0v) is 12.6. The fourth-order valence-corrected chi connectivity index (χ4v) is 2.10. The molecule has 0 saturated heterocycles. The Morgan fingerprint density at radius 2 is 1.81 bits per heavy atom. The van der Waals surface area contributed by atoms with E-state index in [1.54, 1.807) is 43.3 Å². The Bertz CT molecular complexity index is 626. The number of hydrogen-bond acceptors (Lipinski definition) is 4. The quantitative estimate of drug-likeness (QED) is 0.884. The van der Waals surface area contributed by atoms with Crippen LogP contribution in [0.4, 0.5) is 0 Å². The van der Waals surface area contributed by atoms with Crippen molar-refractivity contribution in [1.82, 2.24) is 0 Å². The first kappa shape index (κ1) is 15.6. The molecule has 0 aliphatic rings. The largest absolute Gasteiger partial charge is 0.493 e. The van der Waals surface area contributed by atoms with E-state index in [0.717, 1.165) is 11.1 Å². The van der Waals surface area contributed by atoms with E-state index in [4.69, 9.17) is 26.2 Å². The van der Waals surface area contributed by atoms with Crippen molar-refractivity contribution in [2.45, 2.75) is 19.6 Å². The highest BCUT2D eigenvalue weighted by Crippen LogP contribution is 2.36. The lowest BCUT2D eigenvalue weighted by Gasteiger charge is -2.13. The molecular formula is C16H17ClO4. The van der Waals surface area contributed by atoms with Gasteiger partial charge in [0.25, 0.3) is 0 Å². The Balaban J connectivity index is 2.29. The molecule has 0 aromatic heterocycles. The van der Waals surface area contributed by atoms with Crippen LogP contribution in [0.3, 0.4) is 0 Å². The van der Waals surface area contributed by atoms with Gasteiger partial charge in [0.1, 0.15) is 5.75 Å². The summed E-state index contributed by atoms with van der Waals surface area (Å²) in [7, 11) is 1.53. The number of rotatable bonds is 5. The topological polar surface area (TPSA) is 58.9 Å². The van der Waals surface area contributed by atoms with E-state index >= 15 is 0 Å². The first-order valence-electron chi connectivity index (χ1n) is 6.48. The molecule has 4 nitrogen and oxygen atoms in total. The van der Waals surface area contributed by atoms with Crippen molar-refractivity contribution in [1.29, 1.82) is 0 Å².